The molecule has 0 aliphatic rings. The van der Waals surface area contributed by atoms with E-state index in [1.807, 2.05) is 0 Å². The van der Waals surface area contributed by atoms with Gasteiger partial charge in [0.1, 0.15) is 18.1 Å². The molecule has 0 bridgehead atoms. The van der Waals surface area contributed by atoms with Crippen LogP contribution in [-0.2, 0) is 32.0 Å². The second-order valence-electron chi connectivity index (χ2n) is 9.42. The number of carbonyl (C=O) groups excluding carboxylic acids is 3. The summed E-state index contributed by atoms with van der Waals surface area (Å²) >= 11 is 0. The molecule has 2 heterocycles. The van der Waals surface area contributed by atoms with Gasteiger partial charge in [-0.15, -0.1) is 0 Å². The van der Waals surface area contributed by atoms with E-state index in [1.165, 1.54) is 25.0 Å². The monoisotopic (exact) mass is 576 g/mol. The van der Waals surface area contributed by atoms with Crippen molar-refractivity contribution in [2.45, 2.75) is 69.1 Å². The number of carboxylic acids is 1. The van der Waals surface area contributed by atoms with Crippen LogP contribution in [0.4, 0.5) is 0 Å². The highest BCUT2D eigenvalue weighted by atomic mass is 16.4. The molecule has 2 rings (SSSR count). The van der Waals surface area contributed by atoms with Crippen molar-refractivity contribution in [3.63, 3.8) is 0 Å². The van der Waals surface area contributed by atoms with E-state index in [-0.39, 0.29) is 38.2 Å². The van der Waals surface area contributed by atoms with E-state index in [9.17, 15) is 24.3 Å². The number of aliphatic imine (C=N–C) groups is 1. The molecule has 2 aromatic rings. The summed E-state index contributed by atoms with van der Waals surface area (Å²) in [6.45, 7) is 0.587. The molecule has 4 unspecified atom stereocenters. The summed E-state index contributed by atoms with van der Waals surface area (Å²) in [4.78, 5) is 68.7. The Kier molecular flexibility index (Phi) is 13.7. The minimum atomic E-state index is -1.21. The normalized spacial score (nSPS) is 13.8. The molecule has 226 valence electrons. The number of imidazole rings is 2. The van der Waals surface area contributed by atoms with Gasteiger partial charge in [0.2, 0.25) is 17.7 Å². The van der Waals surface area contributed by atoms with Gasteiger partial charge in [0, 0.05) is 43.2 Å². The third-order valence-corrected chi connectivity index (χ3v) is 6.08. The van der Waals surface area contributed by atoms with E-state index in [4.69, 9.17) is 22.9 Å². The highest BCUT2D eigenvalue weighted by Gasteiger charge is 2.30. The first kappa shape index (κ1) is 32.7. The van der Waals surface area contributed by atoms with E-state index in [0.717, 1.165) is 0 Å². The van der Waals surface area contributed by atoms with Gasteiger partial charge >= 0.3 is 5.97 Å². The van der Waals surface area contributed by atoms with Crippen LogP contribution in [0.5, 0.6) is 0 Å². The number of unbranched alkanes of at least 4 members (excludes halogenated alkanes) is 1. The van der Waals surface area contributed by atoms with Gasteiger partial charge in [0.25, 0.3) is 0 Å². The maximum Gasteiger partial charge on any atom is 0.326 e. The number of nitrogens with zero attached hydrogens (tertiary/aromatic N) is 3. The highest BCUT2D eigenvalue weighted by molar-refractivity contribution is 5.94. The fraction of sp³-hybridized carbons (Fsp3) is 0.542. The van der Waals surface area contributed by atoms with Crippen LogP contribution in [0.15, 0.2) is 30.0 Å². The van der Waals surface area contributed by atoms with Crippen molar-refractivity contribution in [2.75, 3.05) is 13.1 Å². The Morgan fingerprint density at radius 3 is 1.95 bits per heavy atom. The van der Waals surface area contributed by atoms with Crippen LogP contribution in [-0.4, -0.2) is 91.9 Å². The summed E-state index contributed by atoms with van der Waals surface area (Å²) in [5, 5.41) is 17.4. The Morgan fingerprint density at radius 1 is 0.829 bits per heavy atom. The Balaban J connectivity index is 2.17. The number of aliphatic carboxylic acids is 1. The van der Waals surface area contributed by atoms with Gasteiger partial charge in [-0.2, -0.15) is 0 Å². The number of nitrogens with two attached hydrogens (primary N) is 4. The lowest BCUT2D eigenvalue weighted by Crippen LogP contribution is -2.57. The SMILES string of the molecule is NCCCCC(NC(=O)C(Cc1cnc[nH]1)NC(=O)C(CCCN=C(N)N)NC(=O)C(N)Cc1cnc[nH]1)C(=O)O. The lowest BCUT2D eigenvalue weighted by molar-refractivity contribution is -0.142. The predicted octanol–water partition coefficient (Wildman–Crippen LogP) is -3.03. The first-order valence-corrected chi connectivity index (χ1v) is 13.2. The molecule has 0 spiro atoms. The number of H-pyrrole nitrogens is 2. The fourth-order valence-electron chi connectivity index (χ4n) is 3.90. The lowest BCUT2D eigenvalue weighted by atomic mass is 10.0. The number of aromatic nitrogens is 4. The fourth-order valence-corrected chi connectivity index (χ4v) is 3.90. The summed E-state index contributed by atoms with van der Waals surface area (Å²) in [7, 11) is 0. The van der Waals surface area contributed by atoms with Crippen molar-refractivity contribution in [2.24, 2.45) is 27.9 Å². The van der Waals surface area contributed by atoms with Gasteiger partial charge in [0.05, 0.1) is 18.7 Å². The molecule has 4 atom stereocenters. The second-order valence-corrected chi connectivity index (χ2v) is 9.42. The summed E-state index contributed by atoms with van der Waals surface area (Å²) in [5.74, 6) is -3.31. The summed E-state index contributed by atoms with van der Waals surface area (Å²) in [5.41, 5.74) is 23.4. The molecule has 17 heteroatoms. The minimum absolute atomic E-state index is 0.0132. The molecule has 14 N–H and O–H groups in total. The van der Waals surface area contributed by atoms with E-state index in [1.54, 1.807) is 0 Å². The molecule has 0 aliphatic heterocycles. The number of guanidine groups is 1. The molecule has 3 amide bonds. The van der Waals surface area contributed by atoms with Gasteiger partial charge in [-0.25, -0.2) is 14.8 Å². The van der Waals surface area contributed by atoms with Crippen molar-refractivity contribution in [1.29, 1.82) is 0 Å². The van der Waals surface area contributed by atoms with E-state index in [2.05, 4.69) is 40.9 Å². The van der Waals surface area contributed by atoms with Crippen molar-refractivity contribution in [1.82, 2.24) is 35.9 Å². The van der Waals surface area contributed by atoms with Gasteiger partial charge in [-0.05, 0) is 38.6 Å². The third kappa shape index (κ3) is 12.0. The zero-order valence-electron chi connectivity index (χ0n) is 22.7. The molecule has 0 aliphatic carbocycles. The largest absolute Gasteiger partial charge is 0.480 e. The van der Waals surface area contributed by atoms with E-state index in [0.29, 0.717) is 37.2 Å². The number of aromatic amines is 2. The Morgan fingerprint density at radius 2 is 1.39 bits per heavy atom. The van der Waals surface area contributed by atoms with Gasteiger partial charge in [-0.1, -0.05) is 0 Å². The summed E-state index contributed by atoms with van der Waals surface area (Å²) in [6, 6.07) is -4.44. The average Bonchev–Trinajstić information content (AvgIpc) is 3.63. The smallest absolute Gasteiger partial charge is 0.326 e. The average molecular weight is 577 g/mol. The number of nitrogens with one attached hydrogen (secondary N) is 5. The maximum atomic E-state index is 13.4. The second kappa shape index (κ2) is 17.2. The molecule has 17 nitrogen and oxygen atoms in total. The van der Waals surface area contributed by atoms with Crippen molar-refractivity contribution < 1.29 is 24.3 Å². The Bertz CT molecular complexity index is 1120. The van der Waals surface area contributed by atoms with Crippen LogP contribution in [0.25, 0.3) is 0 Å². The molecular formula is C24H40N12O5. The zero-order chi connectivity index (χ0) is 30.2. The summed E-state index contributed by atoms with van der Waals surface area (Å²) < 4.78 is 0. The highest BCUT2D eigenvalue weighted by Crippen LogP contribution is 2.07. The van der Waals surface area contributed by atoms with Crippen LogP contribution in [0.1, 0.15) is 43.5 Å². The molecule has 0 fully saturated rings. The standard InChI is InChI=1S/C24H40N12O5/c25-6-2-1-4-18(23(40)41)35-22(39)19(9-15-11-30-13-33-15)36-21(38)17(5-3-7-31-24(27)28)34-20(37)16(26)8-14-10-29-12-32-14/h10-13,16-19H,1-9,25-26H2,(H,29,32)(H,30,33)(H,34,37)(H,35,39)(H,36,38)(H,40,41)(H4,27,28,31). The van der Waals surface area contributed by atoms with E-state index >= 15 is 0 Å². The maximum absolute atomic E-state index is 13.4. The van der Waals surface area contributed by atoms with Gasteiger partial charge in [0.15, 0.2) is 5.96 Å². The van der Waals surface area contributed by atoms with Crippen molar-refractivity contribution >= 4 is 29.7 Å². The molecule has 2 aromatic heterocycles. The van der Waals surface area contributed by atoms with Crippen molar-refractivity contribution in [3.05, 3.63) is 36.4 Å². The van der Waals surface area contributed by atoms with Crippen LogP contribution >= 0.6 is 0 Å². The van der Waals surface area contributed by atoms with Crippen LogP contribution in [0.2, 0.25) is 0 Å². The van der Waals surface area contributed by atoms with Crippen LogP contribution < -0.4 is 38.9 Å². The molecule has 0 saturated heterocycles. The molecular weight excluding hydrogens is 536 g/mol. The zero-order valence-corrected chi connectivity index (χ0v) is 22.7. The summed E-state index contributed by atoms with van der Waals surface area (Å²) in [6.07, 6.45) is 7.72. The first-order chi connectivity index (χ1) is 19.6. The number of amides is 3. The number of carbonyl (C=O) groups is 4. The van der Waals surface area contributed by atoms with Gasteiger partial charge < -0.3 is 54.0 Å². The third-order valence-electron chi connectivity index (χ3n) is 6.08. The predicted molar refractivity (Wildman–Crippen MR) is 149 cm³/mol. The lowest BCUT2D eigenvalue weighted by Gasteiger charge is -2.25. The van der Waals surface area contributed by atoms with Gasteiger partial charge in [-0.3, -0.25) is 19.4 Å². The van der Waals surface area contributed by atoms with Crippen molar-refractivity contribution in [3.8, 4) is 0 Å². The number of rotatable bonds is 19. The quantitative estimate of drug-likeness (QED) is 0.0455. The topological polar surface area (TPSA) is 298 Å². The number of hydrogen-bond acceptors (Lipinski definition) is 9. The Labute approximate surface area is 236 Å². The van der Waals surface area contributed by atoms with E-state index < -0.39 is 47.9 Å². The first-order valence-electron chi connectivity index (χ1n) is 13.2. The number of hydrogen-bond donors (Lipinski definition) is 10. The molecule has 0 aromatic carbocycles. The van der Waals surface area contributed by atoms with Crippen LogP contribution in [0, 0.1) is 0 Å². The molecule has 0 radical (unpaired) electrons. The molecule has 41 heavy (non-hydrogen) atoms. The Hall–Kier alpha value is -4.51. The molecule has 0 saturated carbocycles. The number of carboxylic acid groups (broad SMARTS) is 1. The van der Waals surface area contributed by atoms with Crippen LogP contribution in [0.3, 0.4) is 0 Å². The minimum Gasteiger partial charge on any atom is -0.480 e.